The molecule has 0 aliphatic heterocycles. The van der Waals surface area contributed by atoms with Crippen LogP contribution in [-0.2, 0) is 0 Å². The number of aromatic hydroxyl groups is 1. The molecule has 0 atom stereocenters. The van der Waals surface area contributed by atoms with Crippen LogP contribution in [0.15, 0.2) is 41.7 Å². The highest BCUT2D eigenvalue weighted by Gasteiger charge is 2.18. The summed E-state index contributed by atoms with van der Waals surface area (Å²) in [6.07, 6.45) is 11.4. The van der Waals surface area contributed by atoms with Crippen LogP contribution in [0.4, 0.5) is 5.69 Å². The van der Waals surface area contributed by atoms with Crippen LogP contribution in [0.5, 0.6) is 5.75 Å². The van der Waals surface area contributed by atoms with Crippen LogP contribution in [0.2, 0.25) is 5.02 Å². The molecule has 0 radical (unpaired) electrons. The Morgan fingerprint density at radius 1 is 1.23 bits per heavy atom. The summed E-state index contributed by atoms with van der Waals surface area (Å²) in [5.74, 6) is 0.570. The maximum absolute atomic E-state index is 10.1. The molecule has 1 heterocycles. The van der Waals surface area contributed by atoms with E-state index >= 15 is 0 Å². The summed E-state index contributed by atoms with van der Waals surface area (Å²) in [6, 6.07) is 7.62. The van der Waals surface area contributed by atoms with Crippen LogP contribution in [-0.4, -0.2) is 16.3 Å². The number of halogens is 1. The number of nitrogens with zero attached hydrogens (tertiary/aromatic N) is 2. The first-order valence-electron chi connectivity index (χ1n) is 7.70. The van der Waals surface area contributed by atoms with E-state index in [9.17, 15) is 5.11 Å². The van der Waals surface area contributed by atoms with Crippen LogP contribution in [0.1, 0.15) is 49.1 Å². The second-order valence-electron chi connectivity index (χ2n) is 5.75. The second kappa shape index (κ2) is 6.93. The summed E-state index contributed by atoms with van der Waals surface area (Å²) in [5.41, 5.74) is 2.60. The minimum absolute atomic E-state index is 0.0429. The van der Waals surface area contributed by atoms with Crippen LogP contribution in [0.3, 0.4) is 0 Å². The van der Waals surface area contributed by atoms with E-state index in [0.29, 0.717) is 16.6 Å². The highest BCUT2D eigenvalue weighted by atomic mass is 35.5. The van der Waals surface area contributed by atoms with Gasteiger partial charge in [-0.25, -0.2) is 0 Å². The quantitative estimate of drug-likeness (QED) is 0.787. The maximum atomic E-state index is 10.1. The summed E-state index contributed by atoms with van der Waals surface area (Å²) < 4.78 is 0. The molecule has 0 unspecified atom stereocenters. The topological polar surface area (TPSA) is 45.5 Å². The molecule has 1 aliphatic rings. The first-order valence-corrected chi connectivity index (χ1v) is 8.08. The van der Waals surface area contributed by atoms with E-state index in [1.807, 2.05) is 24.3 Å². The second-order valence-corrected chi connectivity index (χ2v) is 6.16. The van der Waals surface area contributed by atoms with E-state index in [1.54, 1.807) is 18.6 Å². The van der Waals surface area contributed by atoms with Crippen molar-refractivity contribution >= 4 is 23.5 Å². The SMILES string of the molecule is Oc1c(Cl)cc(C2CCCCC2)cc1N=Cc1cccnc1. The van der Waals surface area contributed by atoms with Gasteiger partial charge < -0.3 is 5.11 Å². The molecule has 3 nitrogen and oxygen atoms in total. The number of hydrogen-bond acceptors (Lipinski definition) is 3. The summed E-state index contributed by atoms with van der Waals surface area (Å²) >= 11 is 6.18. The van der Waals surface area contributed by atoms with Gasteiger partial charge in [-0.3, -0.25) is 9.98 Å². The Balaban J connectivity index is 1.89. The van der Waals surface area contributed by atoms with Crippen molar-refractivity contribution in [1.29, 1.82) is 0 Å². The lowest BCUT2D eigenvalue weighted by Gasteiger charge is -2.22. The van der Waals surface area contributed by atoms with Crippen molar-refractivity contribution in [2.24, 2.45) is 4.99 Å². The lowest BCUT2D eigenvalue weighted by molar-refractivity contribution is 0.442. The molecular formula is C18H19ClN2O. The van der Waals surface area contributed by atoms with Gasteiger partial charge in [0.1, 0.15) is 5.69 Å². The van der Waals surface area contributed by atoms with Crippen molar-refractivity contribution in [2.75, 3.05) is 0 Å². The van der Waals surface area contributed by atoms with Crippen molar-refractivity contribution < 1.29 is 5.11 Å². The predicted molar refractivity (Wildman–Crippen MR) is 90.4 cm³/mol. The average molecular weight is 315 g/mol. The van der Waals surface area contributed by atoms with Crippen LogP contribution in [0, 0.1) is 0 Å². The summed E-state index contributed by atoms with van der Waals surface area (Å²) in [7, 11) is 0. The third-order valence-corrected chi connectivity index (χ3v) is 4.47. The first kappa shape index (κ1) is 15.0. The van der Waals surface area contributed by atoms with Gasteiger partial charge >= 0.3 is 0 Å². The smallest absolute Gasteiger partial charge is 0.159 e. The standard InChI is InChI=1S/C18H19ClN2O/c19-16-9-15(14-6-2-1-3-7-14)10-17(18(16)22)21-12-13-5-4-8-20-11-13/h4-5,8-12,14,22H,1-3,6-7H2. The molecule has 2 aromatic rings. The van der Waals surface area contributed by atoms with Gasteiger partial charge in [-0.1, -0.05) is 36.9 Å². The number of phenols is 1. The first-order chi connectivity index (χ1) is 10.7. The third-order valence-electron chi connectivity index (χ3n) is 4.18. The Morgan fingerprint density at radius 2 is 2.05 bits per heavy atom. The van der Waals surface area contributed by atoms with Crippen LogP contribution in [0.25, 0.3) is 0 Å². The molecule has 114 valence electrons. The Morgan fingerprint density at radius 3 is 2.77 bits per heavy atom. The molecule has 0 amide bonds. The van der Waals surface area contributed by atoms with Crippen molar-refractivity contribution in [3.8, 4) is 5.75 Å². The number of pyridine rings is 1. The van der Waals surface area contributed by atoms with E-state index in [1.165, 1.54) is 37.7 Å². The Bertz CT molecular complexity index is 664. The van der Waals surface area contributed by atoms with E-state index in [0.717, 1.165) is 5.56 Å². The minimum Gasteiger partial charge on any atom is -0.504 e. The van der Waals surface area contributed by atoms with Gasteiger partial charge in [-0.15, -0.1) is 0 Å². The molecule has 1 aliphatic carbocycles. The highest BCUT2D eigenvalue weighted by molar-refractivity contribution is 6.32. The fraction of sp³-hybridized carbons (Fsp3) is 0.333. The van der Waals surface area contributed by atoms with E-state index in [2.05, 4.69) is 9.98 Å². The molecule has 22 heavy (non-hydrogen) atoms. The van der Waals surface area contributed by atoms with Crippen molar-refractivity contribution in [3.63, 3.8) is 0 Å². The molecular weight excluding hydrogens is 296 g/mol. The largest absolute Gasteiger partial charge is 0.504 e. The molecule has 0 bridgehead atoms. The molecule has 0 spiro atoms. The molecule has 1 fully saturated rings. The van der Waals surface area contributed by atoms with Gasteiger partial charge in [0, 0.05) is 24.2 Å². The summed E-state index contributed by atoms with van der Waals surface area (Å²) in [5, 5.41) is 10.5. The van der Waals surface area contributed by atoms with Crippen molar-refractivity contribution in [2.45, 2.75) is 38.0 Å². The van der Waals surface area contributed by atoms with Gasteiger partial charge in [-0.05, 0) is 42.5 Å². The molecule has 1 aromatic carbocycles. The number of aliphatic imine (C=N–C) groups is 1. The number of aromatic nitrogens is 1. The van der Waals surface area contributed by atoms with Crippen molar-refractivity contribution in [1.82, 2.24) is 4.98 Å². The molecule has 0 saturated heterocycles. The van der Waals surface area contributed by atoms with Gasteiger partial charge in [0.15, 0.2) is 5.75 Å². The van der Waals surface area contributed by atoms with Crippen LogP contribution < -0.4 is 0 Å². The lowest BCUT2D eigenvalue weighted by atomic mass is 9.84. The van der Waals surface area contributed by atoms with Gasteiger partial charge in [-0.2, -0.15) is 0 Å². The molecule has 1 aromatic heterocycles. The maximum Gasteiger partial charge on any atom is 0.159 e. The van der Waals surface area contributed by atoms with E-state index in [4.69, 9.17) is 11.6 Å². The predicted octanol–water partition coefficient (Wildman–Crippen LogP) is 5.24. The lowest BCUT2D eigenvalue weighted by Crippen LogP contribution is -2.04. The Hall–Kier alpha value is -1.87. The summed E-state index contributed by atoms with van der Waals surface area (Å²) in [6.45, 7) is 0. The zero-order valence-corrected chi connectivity index (χ0v) is 13.1. The number of rotatable bonds is 3. The number of hydrogen-bond donors (Lipinski definition) is 1. The normalized spacial score (nSPS) is 16.2. The van der Waals surface area contributed by atoms with Gasteiger partial charge in [0.2, 0.25) is 0 Å². The van der Waals surface area contributed by atoms with Gasteiger partial charge in [0.25, 0.3) is 0 Å². The highest BCUT2D eigenvalue weighted by Crippen LogP contribution is 2.41. The Kier molecular flexibility index (Phi) is 4.74. The zero-order valence-electron chi connectivity index (χ0n) is 12.4. The number of benzene rings is 1. The van der Waals surface area contributed by atoms with E-state index in [-0.39, 0.29) is 5.75 Å². The van der Waals surface area contributed by atoms with Crippen LogP contribution >= 0.6 is 11.6 Å². The summed E-state index contributed by atoms with van der Waals surface area (Å²) in [4.78, 5) is 8.44. The fourth-order valence-electron chi connectivity index (χ4n) is 2.97. The molecule has 1 saturated carbocycles. The van der Waals surface area contributed by atoms with Crippen molar-refractivity contribution in [3.05, 3.63) is 52.8 Å². The molecule has 4 heteroatoms. The van der Waals surface area contributed by atoms with E-state index < -0.39 is 0 Å². The van der Waals surface area contributed by atoms with Gasteiger partial charge in [0.05, 0.1) is 5.02 Å². The number of phenolic OH excluding ortho intramolecular Hbond substituents is 1. The monoisotopic (exact) mass is 314 g/mol. The molecule has 3 rings (SSSR count). The fourth-order valence-corrected chi connectivity index (χ4v) is 3.19. The molecule has 1 N–H and O–H groups in total. The minimum atomic E-state index is 0.0429. The Labute approximate surface area is 135 Å². The zero-order chi connectivity index (χ0) is 15.4. The average Bonchev–Trinajstić information content (AvgIpc) is 2.58. The third kappa shape index (κ3) is 3.47.